The summed E-state index contributed by atoms with van der Waals surface area (Å²) in [4.78, 5) is 0. The van der Waals surface area contributed by atoms with Crippen molar-refractivity contribution in [1.82, 2.24) is 0 Å². The lowest BCUT2D eigenvalue weighted by Gasteiger charge is -2.10. The van der Waals surface area contributed by atoms with Crippen LogP contribution in [0.5, 0.6) is 0 Å². The van der Waals surface area contributed by atoms with Crippen LogP contribution >= 0.6 is 0 Å². The largest absolute Gasteiger partial charge is 0.393 e. The van der Waals surface area contributed by atoms with E-state index in [2.05, 4.69) is 44.7 Å². The van der Waals surface area contributed by atoms with E-state index in [-0.39, 0.29) is 6.10 Å². The van der Waals surface area contributed by atoms with Gasteiger partial charge in [-0.3, -0.25) is 0 Å². The molecule has 104 valence electrons. The van der Waals surface area contributed by atoms with Crippen LogP contribution in [-0.2, 0) is 6.42 Å². The van der Waals surface area contributed by atoms with E-state index in [1.807, 2.05) is 13.8 Å². The van der Waals surface area contributed by atoms with Crippen LogP contribution in [0.3, 0.4) is 0 Å². The van der Waals surface area contributed by atoms with Crippen molar-refractivity contribution >= 4 is 6.08 Å². The van der Waals surface area contributed by atoms with E-state index in [9.17, 15) is 5.11 Å². The molecule has 0 heterocycles. The molecule has 1 rings (SSSR count). The average Bonchev–Trinajstić information content (AvgIpc) is 2.38. The molecule has 0 radical (unpaired) electrons. The molecule has 1 heteroatoms. The molecule has 0 aromatic heterocycles. The topological polar surface area (TPSA) is 20.2 Å². The van der Waals surface area contributed by atoms with Crippen molar-refractivity contribution in [2.45, 2.75) is 53.1 Å². The van der Waals surface area contributed by atoms with Gasteiger partial charge in [-0.25, -0.2) is 0 Å². The minimum absolute atomic E-state index is 0.183. The summed E-state index contributed by atoms with van der Waals surface area (Å²) in [6.45, 7) is 12.2. The van der Waals surface area contributed by atoms with Gasteiger partial charge in [-0.2, -0.15) is 0 Å². The molecule has 1 atom stereocenters. The van der Waals surface area contributed by atoms with Crippen molar-refractivity contribution in [3.63, 3.8) is 0 Å². The lowest BCUT2D eigenvalue weighted by atomic mass is 9.98. The van der Waals surface area contributed by atoms with Gasteiger partial charge < -0.3 is 5.11 Å². The monoisotopic (exact) mass is 258 g/mol. The van der Waals surface area contributed by atoms with Crippen LogP contribution in [0.2, 0.25) is 0 Å². The summed E-state index contributed by atoms with van der Waals surface area (Å²) in [5.74, 6) is 0. The van der Waals surface area contributed by atoms with Crippen LogP contribution in [0.25, 0.3) is 6.08 Å². The maximum absolute atomic E-state index is 9.64. The van der Waals surface area contributed by atoms with Gasteiger partial charge in [0.15, 0.2) is 0 Å². The van der Waals surface area contributed by atoms with Gasteiger partial charge in [0.1, 0.15) is 0 Å². The highest BCUT2D eigenvalue weighted by Gasteiger charge is 2.04. The quantitative estimate of drug-likeness (QED) is 0.735. The molecule has 19 heavy (non-hydrogen) atoms. The first-order valence-corrected chi connectivity index (χ1v) is 7.05. The van der Waals surface area contributed by atoms with E-state index >= 15 is 0 Å². The van der Waals surface area contributed by atoms with Crippen molar-refractivity contribution in [3.8, 4) is 0 Å². The molecule has 0 aliphatic rings. The summed E-state index contributed by atoms with van der Waals surface area (Å²) in [7, 11) is 0. The number of rotatable bonds is 6. The van der Waals surface area contributed by atoms with Gasteiger partial charge in [-0.05, 0) is 62.3 Å². The Balaban J connectivity index is 2.88. The molecule has 1 aromatic carbocycles. The summed E-state index contributed by atoms with van der Waals surface area (Å²) in [5, 5.41) is 9.64. The highest BCUT2D eigenvalue weighted by molar-refractivity contribution is 5.60. The second kappa shape index (κ2) is 7.30. The van der Waals surface area contributed by atoms with Gasteiger partial charge in [0, 0.05) is 0 Å². The number of aliphatic hydroxyl groups is 1. The van der Waals surface area contributed by atoms with Crippen molar-refractivity contribution in [1.29, 1.82) is 0 Å². The Morgan fingerprint density at radius 1 is 1.37 bits per heavy atom. The smallest absolute Gasteiger partial charge is 0.0540 e. The third-order valence-electron chi connectivity index (χ3n) is 3.63. The van der Waals surface area contributed by atoms with Gasteiger partial charge >= 0.3 is 0 Å². The normalized spacial score (nSPS) is 13.4. The first-order valence-electron chi connectivity index (χ1n) is 7.05. The van der Waals surface area contributed by atoms with Crippen LogP contribution in [0.4, 0.5) is 0 Å². The van der Waals surface area contributed by atoms with Gasteiger partial charge in [0.2, 0.25) is 0 Å². The molecule has 0 saturated heterocycles. The Labute approximate surface area is 117 Å². The van der Waals surface area contributed by atoms with Crippen molar-refractivity contribution in [2.75, 3.05) is 0 Å². The van der Waals surface area contributed by atoms with E-state index in [4.69, 9.17) is 0 Å². The van der Waals surface area contributed by atoms with E-state index in [1.165, 1.54) is 22.3 Å². The first-order chi connectivity index (χ1) is 8.93. The maximum Gasteiger partial charge on any atom is 0.0540 e. The molecule has 0 amide bonds. The molecule has 1 N–H and O–H groups in total. The molecular formula is C18H26O. The van der Waals surface area contributed by atoms with Crippen molar-refractivity contribution in [2.24, 2.45) is 0 Å². The van der Waals surface area contributed by atoms with Gasteiger partial charge in [-0.15, -0.1) is 0 Å². The fourth-order valence-corrected chi connectivity index (χ4v) is 1.89. The molecule has 0 saturated carbocycles. The van der Waals surface area contributed by atoms with E-state index in [1.54, 1.807) is 0 Å². The molecule has 0 fully saturated rings. The van der Waals surface area contributed by atoms with Crippen molar-refractivity contribution in [3.05, 3.63) is 52.6 Å². The Hall–Kier alpha value is -1.34. The number of allylic oxidation sites excluding steroid dienone is 2. The zero-order valence-corrected chi connectivity index (χ0v) is 12.7. The number of hydrogen-bond acceptors (Lipinski definition) is 1. The highest BCUT2D eigenvalue weighted by Crippen LogP contribution is 2.19. The third-order valence-corrected chi connectivity index (χ3v) is 3.63. The minimum atomic E-state index is -0.183. The number of benzene rings is 1. The summed E-state index contributed by atoms with van der Waals surface area (Å²) >= 11 is 0. The molecular weight excluding hydrogens is 232 g/mol. The Bertz CT molecular complexity index is 469. The molecule has 1 nitrogen and oxygen atoms in total. The Morgan fingerprint density at radius 2 is 2.05 bits per heavy atom. The summed E-state index contributed by atoms with van der Waals surface area (Å²) in [6, 6.07) is 6.54. The first kappa shape index (κ1) is 15.7. The molecule has 0 bridgehead atoms. The zero-order valence-electron chi connectivity index (χ0n) is 12.7. The summed E-state index contributed by atoms with van der Waals surface area (Å²) in [5.41, 5.74) is 6.14. The number of hydrogen-bond donors (Lipinski definition) is 1. The SMILES string of the molecule is C=C(C)/C(C)=C/c1cc(CCC(O)CC)ccc1C. The van der Waals surface area contributed by atoms with E-state index in [0.29, 0.717) is 0 Å². The van der Waals surface area contributed by atoms with Crippen LogP contribution < -0.4 is 0 Å². The van der Waals surface area contributed by atoms with E-state index < -0.39 is 0 Å². The molecule has 1 unspecified atom stereocenters. The molecule has 0 aliphatic carbocycles. The van der Waals surface area contributed by atoms with Crippen LogP contribution in [0, 0.1) is 6.92 Å². The third kappa shape index (κ3) is 5.04. The lowest BCUT2D eigenvalue weighted by Crippen LogP contribution is -2.05. The van der Waals surface area contributed by atoms with Gasteiger partial charge in [0.25, 0.3) is 0 Å². The predicted molar refractivity (Wildman–Crippen MR) is 84.3 cm³/mol. The predicted octanol–water partition coefficient (Wildman–Crippen LogP) is 4.68. The Kier molecular flexibility index (Phi) is 6.04. The highest BCUT2D eigenvalue weighted by atomic mass is 16.3. The maximum atomic E-state index is 9.64. The van der Waals surface area contributed by atoms with Gasteiger partial charge in [0.05, 0.1) is 6.10 Å². The second-order valence-electron chi connectivity index (χ2n) is 5.40. The minimum Gasteiger partial charge on any atom is -0.393 e. The van der Waals surface area contributed by atoms with E-state index in [0.717, 1.165) is 24.8 Å². The molecule has 0 spiro atoms. The number of aliphatic hydroxyl groups excluding tert-OH is 1. The number of aryl methyl sites for hydroxylation is 2. The molecule has 1 aromatic rings. The summed E-state index contributed by atoms with van der Waals surface area (Å²) in [6.07, 6.45) is 4.60. The zero-order chi connectivity index (χ0) is 14.4. The van der Waals surface area contributed by atoms with Gasteiger partial charge in [-0.1, -0.05) is 43.4 Å². The Morgan fingerprint density at radius 3 is 2.63 bits per heavy atom. The fourth-order valence-electron chi connectivity index (χ4n) is 1.89. The summed E-state index contributed by atoms with van der Waals surface area (Å²) < 4.78 is 0. The van der Waals surface area contributed by atoms with Crippen LogP contribution in [0.15, 0.2) is 35.9 Å². The van der Waals surface area contributed by atoms with Crippen LogP contribution in [-0.4, -0.2) is 11.2 Å². The standard InChI is InChI=1S/C18H26O/c1-6-18(19)10-9-16-8-7-14(4)17(12-16)11-15(5)13(2)3/h7-8,11-12,18-19H,2,6,9-10H2,1,3-5H3/b15-11+. The second-order valence-corrected chi connectivity index (χ2v) is 5.40. The van der Waals surface area contributed by atoms with Crippen molar-refractivity contribution < 1.29 is 5.11 Å². The molecule has 0 aliphatic heterocycles. The fraction of sp³-hybridized carbons (Fsp3) is 0.444. The average molecular weight is 258 g/mol. The van der Waals surface area contributed by atoms with Crippen LogP contribution in [0.1, 0.15) is 50.3 Å². The lowest BCUT2D eigenvalue weighted by molar-refractivity contribution is 0.160.